The van der Waals surface area contributed by atoms with Crippen LogP contribution in [-0.4, -0.2) is 71.6 Å². The fraction of sp³-hybridized carbons (Fsp3) is 0.750. The SMILES string of the molecule is CCC(C)(C)C(=O)O[C@H]1C[C@@H](C)C=C2C=C[C@H](C)C(CC[C@@H]3C[C@@H](O)CC(=O)O3)C21.CCC(C)(C)C(=O)O[C@H]1C[C@@H](C)C=C2C=C[C@H](C)C(CC[C@@H]3C[C@@H](OC(C)=O)CC(=O)O3)C21. The van der Waals surface area contributed by atoms with Crippen molar-refractivity contribution in [1.82, 2.24) is 0 Å². The molecule has 11 nitrogen and oxygen atoms in total. The molecule has 6 aliphatic rings. The largest absolute Gasteiger partial charge is 0.462 e. The molecule has 0 saturated carbocycles. The molecule has 0 spiro atoms. The Balaban J connectivity index is 0.000000239. The number of aliphatic hydroxyl groups excluding tert-OH is 1. The number of allylic oxidation sites excluding steroid dienone is 6. The average molecular weight is 879 g/mol. The quantitative estimate of drug-likeness (QED) is 0.139. The number of hydrogen-bond donors (Lipinski definition) is 1. The molecule has 1 N–H and O–H groups in total. The predicted molar refractivity (Wildman–Crippen MR) is 240 cm³/mol. The molecular formula is C52H78O11. The smallest absolute Gasteiger partial charge is 0.311 e. The Morgan fingerprint density at radius 2 is 1.08 bits per heavy atom. The fourth-order valence-electron chi connectivity index (χ4n) is 10.5. The molecule has 0 aromatic carbocycles. The number of rotatable bonds is 13. The van der Waals surface area contributed by atoms with Crippen molar-refractivity contribution in [2.24, 2.45) is 58.2 Å². The van der Waals surface area contributed by atoms with Gasteiger partial charge in [0.15, 0.2) is 0 Å². The number of aliphatic hydroxyl groups is 1. The maximum Gasteiger partial charge on any atom is 0.311 e. The van der Waals surface area contributed by atoms with E-state index in [9.17, 15) is 29.1 Å². The molecule has 2 fully saturated rings. The van der Waals surface area contributed by atoms with E-state index >= 15 is 0 Å². The standard InChI is InChI=1S/C27H40O6.C25H38O5/c1-7-27(5,6)26(30)33-23-13-16(2)12-19-9-8-17(3)22(25(19)23)11-10-20-14-21(31-18(4)28)15-24(29)32-20;1-6-25(4,5)24(28)30-21-12-15(2)11-17-8-7-16(3)20(23(17)21)10-9-19-13-18(26)14-22(27)29-19/h8-9,12,16-17,20-23,25H,7,10-11,13-15H2,1-6H3;7-8,11,15-16,18-21,23,26H,6,9-10,12-14H2,1-5H3/t16-,17-,20+,21+,22?,23-,25?;15-,16-,18+,19+,20?,21-,23?/m00/s1. The first-order valence-electron chi connectivity index (χ1n) is 24.1. The van der Waals surface area contributed by atoms with Gasteiger partial charge in [-0.2, -0.15) is 0 Å². The third-order valence-electron chi connectivity index (χ3n) is 15.0. The molecule has 0 aromatic heterocycles. The molecule has 2 heterocycles. The number of fused-ring (bicyclic) bond motifs is 2. The minimum absolute atomic E-state index is 0.0949. The summed E-state index contributed by atoms with van der Waals surface area (Å²) >= 11 is 0. The molecule has 2 aliphatic heterocycles. The summed E-state index contributed by atoms with van der Waals surface area (Å²) in [6.45, 7) is 21.9. The zero-order valence-electron chi connectivity index (χ0n) is 40.1. The van der Waals surface area contributed by atoms with E-state index in [0.717, 1.165) is 44.9 Å². The molecule has 0 amide bonds. The summed E-state index contributed by atoms with van der Waals surface area (Å²) in [5.41, 5.74) is 1.54. The van der Waals surface area contributed by atoms with Crippen LogP contribution in [0.1, 0.15) is 153 Å². The first kappa shape index (κ1) is 50.3. The normalized spacial score (nSPS) is 35.2. The number of cyclic esters (lactones) is 2. The molecule has 14 atom stereocenters. The van der Waals surface area contributed by atoms with Crippen LogP contribution in [0.4, 0.5) is 0 Å². The number of hydrogen-bond acceptors (Lipinski definition) is 11. The van der Waals surface area contributed by atoms with Crippen molar-refractivity contribution in [2.75, 3.05) is 0 Å². The molecule has 11 heteroatoms. The molecule has 0 aromatic rings. The first-order chi connectivity index (χ1) is 29.6. The summed E-state index contributed by atoms with van der Waals surface area (Å²) in [6.07, 6.45) is 19.3. The van der Waals surface area contributed by atoms with E-state index < -0.39 is 23.0 Å². The van der Waals surface area contributed by atoms with Gasteiger partial charge in [-0.1, -0.05) is 78.0 Å². The van der Waals surface area contributed by atoms with Crippen LogP contribution in [-0.2, 0) is 47.7 Å². The molecule has 63 heavy (non-hydrogen) atoms. The van der Waals surface area contributed by atoms with E-state index in [1.165, 1.54) is 18.1 Å². The van der Waals surface area contributed by atoms with Crippen molar-refractivity contribution in [3.05, 3.63) is 47.6 Å². The zero-order chi connectivity index (χ0) is 46.4. The Bertz CT molecular complexity index is 1770. The van der Waals surface area contributed by atoms with Crippen molar-refractivity contribution >= 4 is 29.8 Å². The summed E-state index contributed by atoms with van der Waals surface area (Å²) in [5.74, 6) is 1.06. The lowest BCUT2D eigenvalue weighted by Crippen LogP contribution is -2.43. The van der Waals surface area contributed by atoms with Crippen LogP contribution in [0.25, 0.3) is 0 Å². The summed E-state index contributed by atoms with van der Waals surface area (Å²) in [4.78, 5) is 60.9. The van der Waals surface area contributed by atoms with Gasteiger partial charge in [-0.3, -0.25) is 24.0 Å². The monoisotopic (exact) mass is 879 g/mol. The third-order valence-corrected chi connectivity index (χ3v) is 15.0. The van der Waals surface area contributed by atoms with Crippen LogP contribution in [0.2, 0.25) is 0 Å². The van der Waals surface area contributed by atoms with Crippen LogP contribution < -0.4 is 0 Å². The first-order valence-corrected chi connectivity index (χ1v) is 24.1. The van der Waals surface area contributed by atoms with Gasteiger partial charge in [-0.15, -0.1) is 0 Å². The van der Waals surface area contributed by atoms with Gasteiger partial charge in [0.2, 0.25) is 0 Å². The maximum absolute atomic E-state index is 12.9. The van der Waals surface area contributed by atoms with E-state index in [0.29, 0.717) is 48.9 Å². The Kier molecular flexibility index (Phi) is 17.2. The maximum atomic E-state index is 12.9. The highest BCUT2D eigenvalue weighted by atomic mass is 16.6. The van der Waals surface area contributed by atoms with Gasteiger partial charge in [0.1, 0.15) is 30.5 Å². The fourth-order valence-corrected chi connectivity index (χ4v) is 10.5. The van der Waals surface area contributed by atoms with Gasteiger partial charge >= 0.3 is 29.8 Å². The van der Waals surface area contributed by atoms with Crippen LogP contribution >= 0.6 is 0 Å². The predicted octanol–water partition coefficient (Wildman–Crippen LogP) is 9.74. The Morgan fingerprint density at radius 3 is 1.49 bits per heavy atom. The molecule has 0 radical (unpaired) electrons. The molecule has 352 valence electrons. The third kappa shape index (κ3) is 13.2. The number of ether oxygens (including phenoxy) is 5. The Morgan fingerprint density at radius 1 is 0.651 bits per heavy atom. The summed E-state index contributed by atoms with van der Waals surface area (Å²) in [7, 11) is 0. The highest BCUT2D eigenvalue weighted by molar-refractivity contribution is 5.76. The minimum Gasteiger partial charge on any atom is -0.462 e. The van der Waals surface area contributed by atoms with Gasteiger partial charge in [0.25, 0.3) is 0 Å². The van der Waals surface area contributed by atoms with Crippen molar-refractivity contribution < 1.29 is 52.8 Å². The molecule has 6 rings (SSSR count). The van der Waals surface area contributed by atoms with Gasteiger partial charge < -0.3 is 28.8 Å². The lowest BCUT2D eigenvalue weighted by molar-refractivity contribution is -0.170. The minimum atomic E-state index is -0.601. The van der Waals surface area contributed by atoms with Crippen molar-refractivity contribution in [3.8, 4) is 0 Å². The number of carbonyl (C=O) groups is 5. The van der Waals surface area contributed by atoms with Crippen LogP contribution in [0.3, 0.4) is 0 Å². The molecule has 4 aliphatic carbocycles. The van der Waals surface area contributed by atoms with E-state index in [1.54, 1.807) is 0 Å². The number of carbonyl (C=O) groups excluding carboxylic acids is 5. The van der Waals surface area contributed by atoms with Crippen molar-refractivity contribution in [2.45, 2.75) is 190 Å². The molecule has 0 bridgehead atoms. The Labute approximate surface area is 377 Å². The lowest BCUT2D eigenvalue weighted by Gasteiger charge is -2.44. The van der Waals surface area contributed by atoms with E-state index in [-0.39, 0.29) is 84.9 Å². The highest BCUT2D eigenvalue weighted by Crippen LogP contribution is 2.47. The zero-order valence-corrected chi connectivity index (χ0v) is 40.1. The van der Waals surface area contributed by atoms with Crippen LogP contribution in [0, 0.1) is 58.2 Å². The summed E-state index contributed by atoms with van der Waals surface area (Å²) in [5, 5.41) is 9.92. The highest BCUT2D eigenvalue weighted by Gasteiger charge is 2.45. The number of esters is 5. The Hall–Kier alpha value is -3.73. The van der Waals surface area contributed by atoms with Crippen molar-refractivity contribution in [3.63, 3.8) is 0 Å². The second-order valence-corrected chi connectivity index (χ2v) is 21.1. The average Bonchev–Trinajstić information content (AvgIpc) is 3.19. The summed E-state index contributed by atoms with van der Waals surface area (Å²) < 4.78 is 28.7. The summed E-state index contributed by atoms with van der Waals surface area (Å²) in [6, 6.07) is 0. The van der Waals surface area contributed by atoms with Gasteiger partial charge in [0.05, 0.1) is 29.8 Å². The van der Waals surface area contributed by atoms with Crippen molar-refractivity contribution in [1.29, 1.82) is 0 Å². The molecular weight excluding hydrogens is 801 g/mol. The van der Waals surface area contributed by atoms with E-state index in [1.807, 2.05) is 41.5 Å². The van der Waals surface area contributed by atoms with E-state index in [2.05, 4.69) is 64.2 Å². The van der Waals surface area contributed by atoms with Gasteiger partial charge in [-0.05, 0) is 126 Å². The van der Waals surface area contributed by atoms with Crippen LogP contribution in [0.15, 0.2) is 47.6 Å². The van der Waals surface area contributed by atoms with Crippen LogP contribution in [0.5, 0.6) is 0 Å². The lowest BCUT2D eigenvalue weighted by atomic mass is 9.65. The second kappa shape index (κ2) is 21.5. The van der Waals surface area contributed by atoms with Gasteiger partial charge in [0, 0.05) is 31.6 Å². The topological polar surface area (TPSA) is 152 Å². The van der Waals surface area contributed by atoms with Gasteiger partial charge in [-0.25, -0.2) is 0 Å². The molecule has 4 unspecified atom stereocenters. The van der Waals surface area contributed by atoms with E-state index in [4.69, 9.17) is 23.7 Å². The second-order valence-electron chi connectivity index (χ2n) is 21.1. The molecule has 2 saturated heterocycles.